The highest BCUT2D eigenvalue weighted by atomic mass is 16.3. The second kappa shape index (κ2) is 1.61. The van der Waals surface area contributed by atoms with E-state index in [-0.39, 0.29) is 0 Å². The number of rotatable bonds is 1. The third-order valence-electron chi connectivity index (χ3n) is 5.61. The van der Waals surface area contributed by atoms with Crippen LogP contribution in [0.15, 0.2) is 0 Å². The zero-order valence-electron chi connectivity index (χ0n) is 7.37. The van der Waals surface area contributed by atoms with Crippen LogP contribution >= 0.6 is 0 Å². The van der Waals surface area contributed by atoms with Crippen molar-refractivity contribution in [3.05, 3.63) is 0 Å². The lowest BCUT2D eigenvalue weighted by Gasteiger charge is -2.40. The molecule has 4 bridgehead atoms. The number of aliphatic hydroxyl groups excluding tert-OH is 1. The molecule has 5 saturated carbocycles. The molecule has 0 aromatic carbocycles. The maximum Gasteiger partial charge on any atom is 0.0495 e. The minimum absolute atomic E-state index is 0.484. The van der Waals surface area contributed by atoms with E-state index in [1.807, 2.05) is 0 Å². The zero-order chi connectivity index (χ0) is 7.92. The van der Waals surface area contributed by atoms with Gasteiger partial charge < -0.3 is 5.11 Å². The van der Waals surface area contributed by atoms with Gasteiger partial charge in [-0.3, -0.25) is 0 Å². The number of hydrogen-bond donors (Lipinski definition) is 1. The monoisotopic (exact) mass is 164 g/mol. The fourth-order valence-corrected chi connectivity index (χ4v) is 5.40. The first-order chi connectivity index (χ1) is 5.86. The second-order valence-corrected chi connectivity index (χ2v) is 5.67. The van der Waals surface area contributed by atoms with Gasteiger partial charge in [-0.25, -0.2) is 0 Å². The minimum atomic E-state index is 0.484. The Kier molecular flexibility index (Phi) is 0.863. The van der Waals surface area contributed by atoms with E-state index in [1.165, 1.54) is 25.7 Å². The fourth-order valence-electron chi connectivity index (χ4n) is 5.40. The van der Waals surface area contributed by atoms with E-state index in [0.29, 0.717) is 12.0 Å². The van der Waals surface area contributed by atoms with Crippen molar-refractivity contribution in [1.82, 2.24) is 0 Å². The van der Waals surface area contributed by atoms with Gasteiger partial charge in [0.15, 0.2) is 0 Å². The number of aliphatic hydroxyl groups is 1. The van der Waals surface area contributed by atoms with Gasteiger partial charge in [-0.1, -0.05) is 0 Å². The lowest BCUT2D eigenvalue weighted by Crippen LogP contribution is -2.33. The van der Waals surface area contributed by atoms with Gasteiger partial charge in [0.2, 0.25) is 0 Å². The van der Waals surface area contributed by atoms with Crippen molar-refractivity contribution < 1.29 is 5.11 Å². The highest BCUT2D eigenvalue weighted by molar-refractivity contribution is 5.25. The van der Waals surface area contributed by atoms with Crippen LogP contribution in [-0.2, 0) is 0 Å². The first-order valence-corrected chi connectivity index (χ1v) is 5.47. The molecule has 1 nitrogen and oxygen atoms in total. The van der Waals surface area contributed by atoms with Crippen LogP contribution in [0.2, 0.25) is 0 Å². The summed E-state index contributed by atoms with van der Waals surface area (Å²) in [4.78, 5) is 0. The summed E-state index contributed by atoms with van der Waals surface area (Å²) in [6.07, 6.45) is 5.92. The van der Waals surface area contributed by atoms with E-state index in [1.54, 1.807) is 0 Å². The summed E-state index contributed by atoms with van der Waals surface area (Å²) < 4.78 is 0. The first kappa shape index (κ1) is 6.42. The Bertz CT molecular complexity index is 245. The van der Waals surface area contributed by atoms with Gasteiger partial charge in [0, 0.05) is 12.0 Å². The van der Waals surface area contributed by atoms with Gasteiger partial charge in [-0.05, 0) is 55.3 Å². The van der Waals surface area contributed by atoms with Crippen LogP contribution in [0.4, 0.5) is 0 Å². The second-order valence-electron chi connectivity index (χ2n) is 5.67. The van der Waals surface area contributed by atoms with Crippen LogP contribution in [0.1, 0.15) is 25.7 Å². The van der Waals surface area contributed by atoms with Crippen LogP contribution in [0.5, 0.6) is 0 Å². The van der Waals surface area contributed by atoms with Crippen LogP contribution in [0.3, 0.4) is 0 Å². The molecule has 0 aromatic rings. The Morgan fingerprint density at radius 3 is 2.83 bits per heavy atom. The van der Waals surface area contributed by atoms with Crippen molar-refractivity contribution in [1.29, 1.82) is 0 Å². The van der Waals surface area contributed by atoms with Crippen molar-refractivity contribution in [2.45, 2.75) is 25.7 Å². The highest BCUT2D eigenvalue weighted by Gasteiger charge is 2.77. The normalized spacial score (nSPS) is 70.2. The summed E-state index contributed by atoms with van der Waals surface area (Å²) in [5.41, 5.74) is 0.484. The predicted octanol–water partition coefficient (Wildman–Crippen LogP) is 1.66. The van der Waals surface area contributed by atoms with Crippen LogP contribution < -0.4 is 0 Å². The molecule has 1 N–H and O–H groups in total. The molecule has 6 atom stereocenters. The van der Waals surface area contributed by atoms with Crippen LogP contribution in [0.25, 0.3) is 0 Å². The van der Waals surface area contributed by atoms with E-state index in [2.05, 4.69) is 0 Å². The Labute approximate surface area is 73.2 Å². The third-order valence-corrected chi connectivity index (χ3v) is 5.61. The molecule has 1 heteroatoms. The van der Waals surface area contributed by atoms with Gasteiger partial charge in [0.25, 0.3) is 0 Å². The molecule has 0 radical (unpaired) electrons. The predicted molar refractivity (Wildman–Crippen MR) is 45.4 cm³/mol. The summed E-state index contributed by atoms with van der Waals surface area (Å²) in [6, 6.07) is 0. The molecule has 5 rings (SSSR count). The Morgan fingerprint density at radius 1 is 1.17 bits per heavy atom. The van der Waals surface area contributed by atoms with Gasteiger partial charge in [0.1, 0.15) is 0 Å². The molecule has 0 aliphatic heterocycles. The molecule has 66 valence electrons. The van der Waals surface area contributed by atoms with E-state index >= 15 is 0 Å². The minimum Gasteiger partial charge on any atom is -0.396 e. The largest absolute Gasteiger partial charge is 0.396 e. The number of hydrogen-bond acceptors (Lipinski definition) is 1. The molecule has 12 heavy (non-hydrogen) atoms. The van der Waals surface area contributed by atoms with Crippen LogP contribution in [-0.4, -0.2) is 11.7 Å². The molecule has 5 aliphatic rings. The van der Waals surface area contributed by atoms with E-state index in [4.69, 9.17) is 0 Å². The Hall–Kier alpha value is -0.0400. The third kappa shape index (κ3) is 0.433. The van der Waals surface area contributed by atoms with Gasteiger partial charge in [-0.15, -0.1) is 0 Å². The van der Waals surface area contributed by atoms with Crippen molar-refractivity contribution in [3.8, 4) is 0 Å². The van der Waals surface area contributed by atoms with Crippen molar-refractivity contribution >= 4 is 0 Å². The van der Waals surface area contributed by atoms with Gasteiger partial charge in [0.05, 0.1) is 0 Å². The topological polar surface area (TPSA) is 20.2 Å². The molecular weight excluding hydrogens is 148 g/mol. The lowest BCUT2D eigenvalue weighted by molar-refractivity contribution is 0.0637. The Balaban J connectivity index is 1.84. The average Bonchev–Trinajstić information content (AvgIpc) is 2.68. The van der Waals surface area contributed by atoms with Crippen molar-refractivity contribution in [2.75, 3.05) is 6.61 Å². The molecule has 5 aliphatic carbocycles. The molecular formula is C11H16O. The zero-order valence-corrected chi connectivity index (χ0v) is 7.37. The van der Waals surface area contributed by atoms with Crippen molar-refractivity contribution in [2.24, 2.45) is 35.0 Å². The average molecular weight is 164 g/mol. The lowest BCUT2D eigenvalue weighted by atomic mass is 9.65. The van der Waals surface area contributed by atoms with E-state index in [9.17, 15) is 5.11 Å². The molecule has 0 amide bonds. The van der Waals surface area contributed by atoms with Crippen molar-refractivity contribution in [3.63, 3.8) is 0 Å². The Morgan fingerprint density at radius 2 is 2.08 bits per heavy atom. The molecule has 0 saturated heterocycles. The molecule has 0 spiro atoms. The molecule has 1 unspecified atom stereocenters. The molecule has 0 aromatic heterocycles. The fraction of sp³-hybridized carbons (Fsp3) is 1.00. The summed E-state index contributed by atoms with van der Waals surface area (Å²) >= 11 is 0. The summed E-state index contributed by atoms with van der Waals surface area (Å²) in [5, 5.41) is 9.51. The SMILES string of the molecule is OC[C@@]12[C@@H]3CC4C[C@H](C3)C[C@H]1[C@H]42. The maximum absolute atomic E-state index is 9.51. The summed E-state index contributed by atoms with van der Waals surface area (Å²) in [6.45, 7) is 0.510. The standard InChI is InChI=1S/C11H16O/c12-5-11-8-2-6-1-7(4-8)10(11)9(11)3-6/h6-10,12H,1-5H2/t6-,7?,8+,9+,10+,11-/m1/s1. The van der Waals surface area contributed by atoms with Gasteiger partial charge in [-0.2, -0.15) is 0 Å². The molecule has 0 heterocycles. The summed E-state index contributed by atoms with van der Waals surface area (Å²) in [5.74, 6) is 5.00. The maximum atomic E-state index is 9.51. The summed E-state index contributed by atoms with van der Waals surface area (Å²) in [7, 11) is 0. The highest BCUT2D eigenvalue weighted by Crippen LogP contribution is 2.81. The first-order valence-electron chi connectivity index (χ1n) is 5.47. The quantitative estimate of drug-likeness (QED) is 0.625. The van der Waals surface area contributed by atoms with Crippen LogP contribution in [0, 0.1) is 35.0 Å². The smallest absolute Gasteiger partial charge is 0.0495 e. The van der Waals surface area contributed by atoms with Gasteiger partial charge >= 0.3 is 0 Å². The van der Waals surface area contributed by atoms with E-state index < -0.39 is 0 Å². The van der Waals surface area contributed by atoms with E-state index in [0.717, 1.165) is 29.6 Å². The molecule has 5 fully saturated rings.